The predicted octanol–water partition coefficient (Wildman–Crippen LogP) is 5.48. The Morgan fingerprint density at radius 3 is 2.56 bits per heavy atom. The first-order chi connectivity index (χ1) is 17.6. The Balaban J connectivity index is 1.10. The number of hydrogen-bond acceptors (Lipinski definition) is 3. The first-order valence-corrected chi connectivity index (χ1v) is 12.3. The van der Waals surface area contributed by atoms with Crippen molar-refractivity contribution in [1.82, 2.24) is 9.88 Å². The van der Waals surface area contributed by atoms with Crippen LogP contribution in [-0.4, -0.2) is 34.2 Å². The summed E-state index contributed by atoms with van der Waals surface area (Å²) in [7, 11) is 0. The number of unbranched alkanes of at least 4 members (excludes halogenated alkanes) is 2. The quantitative estimate of drug-likeness (QED) is 0.345. The number of aromatic nitrogens is 1. The van der Waals surface area contributed by atoms with E-state index in [0.717, 1.165) is 41.4 Å². The summed E-state index contributed by atoms with van der Waals surface area (Å²) in [6.45, 7) is 0.515. The lowest BCUT2D eigenvalue weighted by Gasteiger charge is -2.41. The van der Waals surface area contributed by atoms with Crippen LogP contribution in [0.5, 0.6) is 0 Å². The Kier molecular flexibility index (Phi) is 5.52. The summed E-state index contributed by atoms with van der Waals surface area (Å²) >= 11 is 0. The van der Waals surface area contributed by atoms with Crippen molar-refractivity contribution in [3.8, 4) is 0 Å². The Morgan fingerprint density at radius 1 is 0.861 bits per heavy atom. The second-order valence-electron chi connectivity index (χ2n) is 9.29. The number of H-pyrrole nitrogens is 1. The third kappa shape index (κ3) is 3.73. The van der Waals surface area contributed by atoms with Crippen LogP contribution in [0.25, 0.3) is 10.9 Å². The van der Waals surface area contributed by atoms with Crippen LogP contribution < -0.4 is 10.2 Å². The maximum Gasteiger partial charge on any atom is 0.260 e. The van der Waals surface area contributed by atoms with E-state index in [0.29, 0.717) is 29.8 Å². The van der Waals surface area contributed by atoms with Crippen molar-refractivity contribution >= 4 is 40.0 Å². The number of fused-ring (bicyclic) bond motifs is 6. The zero-order valence-corrected chi connectivity index (χ0v) is 19.7. The minimum Gasteiger partial charge on any atom is -0.361 e. The van der Waals surface area contributed by atoms with E-state index in [-0.39, 0.29) is 17.7 Å². The second-order valence-corrected chi connectivity index (χ2v) is 9.29. The summed E-state index contributed by atoms with van der Waals surface area (Å²) in [5, 5.41) is 4.07. The minimum atomic E-state index is -0.428. The average Bonchev–Trinajstić information content (AvgIpc) is 3.48. The summed E-state index contributed by atoms with van der Waals surface area (Å²) in [4.78, 5) is 45.8. The van der Waals surface area contributed by atoms with E-state index >= 15 is 0 Å². The molecule has 36 heavy (non-hydrogen) atoms. The average molecular weight is 479 g/mol. The van der Waals surface area contributed by atoms with Crippen molar-refractivity contribution < 1.29 is 14.4 Å². The highest BCUT2D eigenvalue weighted by atomic mass is 16.2. The first kappa shape index (κ1) is 22.1. The molecule has 2 aliphatic rings. The van der Waals surface area contributed by atoms with E-state index < -0.39 is 6.17 Å². The molecule has 7 heteroatoms. The highest BCUT2D eigenvalue weighted by molar-refractivity contribution is 6.16. The highest BCUT2D eigenvalue weighted by Gasteiger charge is 2.47. The molecule has 1 atom stereocenters. The molecule has 1 aromatic heterocycles. The number of para-hydroxylation sites is 1. The van der Waals surface area contributed by atoms with Crippen molar-refractivity contribution in [3.05, 3.63) is 95.7 Å². The van der Waals surface area contributed by atoms with Crippen LogP contribution in [0, 0.1) is 0 Å². The number of amides is 3. The van der Waals surface area contributed by atoms with Crippen molar-refractivity contribution in [2.24, 2.45) is 0 Å². The van der Waals surface area contributed by atoms with E-state index in [2.05, 4.69) is 10.3 Å². The number of nitrogens with one attached hydrogen (secondary N) is 2. The Bertz CT molecular complexity index is 1490. The van der Waals surface area contributed by atoms with Crippen molar-refractivity contribution in [3.63, 3.8) is 0 Å². The topological polar surface area (TPSA) is 85.5 Å². The number of aromatic amines is 1. The lowest BCUT2D eigenvalue weighted by molar-refractivity contribution is -0.116. The van der Waals surface area contributed by atoms with Crippen molar-refractivity contribution in [2.45, 2.75) is 31.8 Å². The van der Waals surface area contributed by atoms with Gasteiger partial charge in [-0.25, -0.2) is 0 Å². The fourth-order valence-corrected chi connectivity index (χ4v) is 5.29. The molecular weight excluding hydrogens is 452 g/mol. The SMILES string of the molecule is O=C(CCCCCN1C(=O)c2ccccc2N2C(=O)c3ccccc3[C@@H]12)Nc1ccc2cc[nH]c2c1. The number of hydrogen-bond donors (Lipinski definition) is 2. The smallest absolute Gasteiger partial charge is 0.260 e. The van der Waals surface area contributed by atoms with E-state index in [1.54, 1.807) is 15.9 Å². The van der Waals surface area contributed by atoms with Gasteiger partial charge in [0.2, 0.25) is 5.91 Å². The predicted molar refractivity (Wildman–Crippen MR) is 139 cm³/mol. The number of benzene rings is 3. The Hall–Kier alpha value is -4.39. The molecular formula is C29H26N4O3. The summed E-state index contributed by atoms with van der Waals surface area (Å²) in [5.74, 6) is -0.158. The van der Waals surface area contributed by atoms with Crippen LogP contribution in [0.15, 0.2) is 79.0 Å². The maximum atomic E-state index is 13.4. The van der Waals surface area contributed by atoms with Gasteiger partial charge in [-0.15, -0.1) is 0 Å². The minimum absolute atomic E-state index is 0.0228. The molecule has 0 bridgehead atoms. The van der Waals surface area contributed by atoms with Crippen LogP contribution in [0.1, 0.15) is 58.1 Å². The van der Waals surface area contributed by atoms with Gasteiger partial charge in [0.05, 0.1) is 11.3 Å². The summed E-state index contributed by atoms with van der Waals surface area (Å²) < 4.78 is 0. The number of nitrogens with zero attached hydrogens (tertiary/aromatic N) is 2. The zero-order chi connectivity index (χ0) is 24.6. The molecule has 2 aliphatic heterocycles. The number of anilines is 2. The van der Waals surface area contributed by atoms with Gasteiger partial charge < -0.3 is 15.2 Å². The molecule has 0 fully saturated rings. The molecule has 0 saturated heterocycles. The van der Waals surface area contributed by atoms with Gasteiger partial charge in [-0.2, -0.15) is 0 Å². The molecule has 0 aliphatic carbocycles. The number of carbonyl (C=O) groups is 3. The summed E-state index contributed by atoms with van der Waals surface area (Å²) in [5.41, 5.74) is 4.49. The fraction of sp³-hybridized carbons (Fsp3) is 0.207. The fourth-order valence-electron chi connectivity index (χ4n) is 5.29. The van der Waals surface area contributed by atoms with Crippen molar-refractivity contribution in [1.29, 1.82) is 0 Å². The van der Waals surface area contributed by atoms with Gasteiger partial charge in [-0.3, -0.25) is 19.3 Å². The molecule has 4 aromatic rings. The standard InChI is InChI=1S/C29H26N4O3/c34-26(31-20-14-13-19-15-16-30-24(19)18-20)12-2-1-7-17-32-27-21-8-3-4-9-22(21)29(36)33(27)25-11-6-5-10-23(25)28(32)35/h3-6,8-11,13-16,18,27,30H,1-2,7,12,17H2,(H,31,34)/t27-/m0/s1. The molecule has 180 valence electrons. The zero-order valence-electron chi connectivity index (χ0n) is 19.7. The summed E-state index contributed by atoms with van der Waals surface area (Å²) in [6, 6.07) is 22.6. The van der Waals surface area contributed by atoms with Crippen LogP contribution in [-0.2, 0) is 4.79 Å². The van der Waals surface area contributed by atoms with Crippen LogP contribution >= 0.6 is 0 Å². The van der Waals surface area contributed by atoms with Gasteiger partial charge in [-0.1, -0.05) is 42.8 Å². The van der Waals surface area contributed by atoms with Gasteiger partial charge in [0, 0.05) is 41.5 Å². The highest BCUT2D eigenvalue weighted by Crippen LogP contribution is 2.45. The van der Waals surface area contributed by atoms with E-state index in [4.69, 9.17) is 0 Å². The van der Waals surface area contributed by atoms with E-state index in [9.17, 15) is 14.4 Å². The molecule has 2 N–H and O–H groups in total. The third-order valence-corrected chi connectivity index (χ3v) is 7.02. The second kappa shape index (κ2) is 9.00. The molecule has 7 nitrogen and oxygen atoms in total. The lowest BCUT2D eigenvalue weighted by atomic mass is 10.0. The molecule has 6 rings (SSSR count). The third-order valence-electron chi connectivity index (χ3n) is 7.02. The molecule has 0 spiro atoms. The first-order valence-electron chi connectivity index (χ1n) is 12.3. The molecule has 3 heterocycles. The van der Waals surface area contributed by atoms with Crippen molar-refractivity contribution in [2.75, 3.05) is 16.8 Å². The summed E-state index contributed by atoms with van der Waals surface area (Å²) in [6.07, 6.45) is 4.13. The monoisotopic (exact) mass is 478 g/mol. The van der Waals surface area contributed by atoms with Crippen LogP contribution in [0.2, 0.25) is 0 Å². The molecule has 0 saturated carbocycles. The van der Waals surface area contributed by atoms with E-state index in [1.165, 1.54) is 0 Å². The van der Waals surface area contributed by atoms with Gasteiger partial charge in [-0.05, 0) is 54.6 Å². The normalized spacial score (nSPS) is 16.2. The van der Waals surface area contributed by atoms with E-state index in [1.807, 2.05) is 72.9 Å². The maximum absolute atomic E-state index is 13.4. The molecule has 3 amide bonds. The van der Waals surface area contributed by atoms with Gasteiger partial charge in [0.15, 0.2) is 0 Å². The lowest BCUT2D eigenvalue weighted by Crippen LogP contribution is -2.48. The Morgan fingerprint density at radius 2 is 1.67 bits per heavy atom. The van der Waals surface area contributed by atoms with Gasteiger partial charge in [0.25, 0.3) is 11.8 Å². The van der Waals surface area contributed by atoms with Crippen LogP contribution in [0.3, 0.4) is 0 Å². The van der Waals surface area contributed by atoms with Gasteiger partial charge >= 0.3 is 0 Å². The molecule has 0 unspecified atom stereocenters. The molecule has 3 aromatic carbocycles. The Labute approximate surface area is 208 Å². The number of rotatable bonds is 7. The molecule has 0 radical (unpaired) electrons. The van der Waals surface area contributed by atoms with Gasteiger partial charge in [0.1, 0.15) is 6.17 Å². The largest absolute Gasteiger partial charge is 0.361 e. The van der Waals surface area contributed by atoms with Crippen LogP contribution in [0.4, 0.5) is 11.4 Å². The number of carbonyl (C=O) groups excluding carboxylic acids is 3.